The molecule has 4 nitrogen and oxygen atoms in total. The molecule has 0 aliphatic carbocycles. The molecule has 192 valence electrons. The van der Waals surface area contributed by atoms with Crippen molar-refractivity contribution < 1.29 is 14.6 Å². The van der Waals surface area contributed by atoms with E-state index in [1.165, 1.54) is 5.56 Å². The fourth-order valence-electron chi connectivity index (χ4n) is 4.41. The van der Waals surface area contributed by atoms with Gasteiger partial charge >= 0.3 is 0 Å². The van der Waals surface area contributed by atoms with Crippen molar-refractivity contribution in [1.82, 2.24) is 4.90 Å². The van der Waals surface area contributed by atoms with E-state index in [9.17, 15) is 5.11 Å². The minimum absolute atomic E-state index is 0.0234. The van der Waals surface area contributed by atoms with E-state index in [0.717, 1.165) is 28.2 Å². The second-order valence-corrected chi connectivity index (χ2v) is 10.3. The van der Waals surface area contributed by atoms with Crippen molar-refractivity contribution >= 4 is 0 Å². The van der Waals surface area contributed by atoms with Crippen LogP contribution in [0.3, 0.4) is 0 Å². The van der Waals surface area contributed by atoms with E-state index in [1.807, 2.05) is 84.9 Å². The number of aliphatic hydroxyl groups is 1. The smallest absolute Gasteiger partial charge is 0.123 e. The molecule has 0 saturated heterocycles. The lowest BCUT2D eigenvalue weighted by atomic mass is 9.96. The summed E-state index contributed by atoms with van der Waals surface area (Å²) in [5.74, 6) is 1.44. The Morgan fingerprint density at radius 1 is 0.649 bits per heavy atom. The number of rotatable bonds is 11. The maximum Gasteiger partial charge on any atom is 0.123 e. The van der Waals surface area contributed by atoms with Crippen LogP contribution in [-0.2, 0) is 19.8 Å². The van der Waals surface area contributed by atoms with Crippen LogP contribution >= 0.6 is 0 Å². The lowest BCUT2D eigenvalue weighted by Gasteiger charge is -2.41. The zero-order valence-electron chi connectivity index (χ0n) is 22.0. The van der Waals surface area contributed by atoms with E-state index in [2.05, 4.69) is 49.9 Å². The average molecular weight is 496 g/mol. The molecule has 0 bridgehead atoms. The van der Waals surface area contributed by atoms with Gasteiger partial charge in [0, 0.05) is 18.2 Å². The largest absolute Gasteiger partial charge is 0.489 e. The molecule has 4 aromatic rings. The lowest BCUT2D eigenvalue weighted by Crippen LogP contribution is -2.44. The van der Waals surface area contributed by atoms with Crippen LogP contribution in [0.5, 0.6) is 11.5 Å². The van der Waals surface area contributed by atoms with Crippen molar-refractivity contribution in [2.24, 2.45) is 0 Å². The van der Waals surface area contributed by atoms with Gasteiger partial charge in [-0.25, -0.2) is 0 Å². The molecule has 0 aliphatic rings. The van der Waals surface area contributed by atoms with Crippen molar-refractivity contribution in [2.75, 3.05) is 6.61 Å². The number of aliphatic hydroxyl groups excluding tert-OH is 1. The summed E-state index contributed by atoms with van der Waals surface area (Å²) in [5, 5.41) is 10.7. The Bertz CT molecular complexity index is 1160. The zero-order chi connectivity index (χ0) is 26.1. The third-order valence-electron chi connectivity index (χ3n) is 6.39. The van der Waals surface area contributed by atoms with Crippen molar-refractivity contribution in [2.45, 2.75) is 52.1 Å². The summed E-state index contributed by atoms with van der Waals surface area (Å²) in [6.45, 7) is 8.15. The van der Waals surface area contributed by atoms with Gasteiger partial charge < -0.3 is 14.6 Å². The highest BCUT2D eigenvalue weighted by atomic mass is 16.5. The van der Waals surface area contributed by atoms with Crippen LogP contribution in [0.4, 0.5) is 0 Å². The van der Waals surface area contributed by atoms with Crippen LogP contribution < -0.4 is 9.47 Å². The normalized spacial score (nSPS) is 12.4. The molecule has 0 fully saturated rings. The van der Waals surface area contributed by atoms with Gasteiger partial charge in [0.15, 0.2) is 0 Å². The summed E-state index contributed by atoms with van der Waals surface area (Å²) in [6.07, 6.45) is 0. The molecular formula is C33H37NO3. The minimum atomic E-state index is -0.237. The first-order valence-corrected chi connectivity index (χ1v) is 12.8. The fraction of sp³-hybridized carbons (Fsp3) is 0.273. The molecular weight excluding hydrogens is 458 g/mol. The Kier molecular flexibility index (Phi) is 8.99. The predicted octanol–water partition coefficient (Wildman–Crippen LogP) is 7.18. The third kappa shape index (κ3) is 7.69. The lowest BCUT2D eigenvalue weighted by molar-refractivity contribution is 0.0371. The zero-order valence-corrected chi connectivity index (χ0v) is 22.0. The summed E-state index contributed by atoms with van der Waals surface area (Å²) >= 11 is 0. The standard InChI is InChI=1S/C33H37NO3/c1-33(2,3)34(22-26-13-7-4-8-14-26)32(23-35)29-19-30(36-24-27-15-9-5-10-16-27)21-31(20-29)37-25-28-17-11-6-12-18-28/h4-21,32,35H,22-25H2,1-3H3. The molecule has 1 atom stereocenters. The molecule has 0 aliphatic heterocycles. The van der Waals surface area contributed by atoms with Gasteiger partial charge in [0.2, 0.25) is 0 Å². The molecule has 4 aromatic carbocycles. The van der Waals surface area contributed by atoms with E-state index in [1.54, 1.807) is 0 Å². The van der Waals surface area contributed by atoms with Crippen molar-refractivity contribution in [3.8, 4) is 11.5 Å². The Morgan fingerprint density at radius 3 is 1.49 bits per heavy atom. The predicted molar refractivity (Wildman–Crippen MR) is 150 cm³/mol. The third-order valence-corrected chi connectivity index (χ3v) is 6.39. The summed E-state index contributed by atoms with van der Waals surface area (Å²) in [6, 6.07) is 36.4. The van der Waals surface area contributed by atoms with Gasteiger partial charge in [-0.15, -0.1) is 0 Å². The molecule has 1 N–H and O–H groups in total. The fourth-order valence-corrected chi connectivity index (χ4v) is 4.41. The van der Waals surface area contributed by atoms with Gasteiger partial charge in [-0.1, -0.05) is 91.0 Å². The molecule has 37 heavy (non-hydrogen) atoms. The molecule has 0 saturated carbocycles. The highest BCUT2D eigenvalue weighted by Gasteiger charge is 2.30. The van der Waals surface area contributed by atoms with Crippen LogP contribution in [0.25, 0.3) is 0 Å². The second-order valence-electron chi connectivity index (χ2n) is 10.3. The number of benzene rings is 4. The molecule has 4 heteroatoms. The van der Waals surface area contributed by atoms with E-state index < -0.39 is 0 Å². The summed E-state index contributed by atoms with van der Waals surface area (Å²) < 4.78 is 12.4. The maximum absolute atomic E-state index is 10.7. The van der Waals surface area contributed by atoms with Gasteiger partial charge in [-0.2, -0.15) is 0 Å². The topological polar surface area (TPSA) is 41.9 Å². The first kappa shape index (κ1) is 26.5. The molecule has 0 aromatic heterocycles. The van der Waals surface area contributed by atoms with Crippen LogP contribution in [0.15, 0.2) is 109 Å². The van der Waals surface area contributed by atoms with Crippen LogP contribution in [-0.4, -0.2) is 22.2 Å². The molecule has 0 amide bonds. The first-order chi connectivity index (χ1) is 17.9. The van der Waals surface area contributed by atoms with Crippen molar-refractivity contribution in [3.05, 3.63) is 131 Å². The van der Waals surface area contributed by atoms with Gasteiger partial charge in [0.25, 0.3) is 0 Å². The molecule has 1 unspecified atom stereocenters. The SMILES string of the molecule is CC(C)(C)N(Cc1ccccc1)C(CO)c1cc(OCc2ccccc2)cc(OCc2ccccc2)c1. The molecule has 4 rings (SSSR count). The van der Waals surface area contributed by atoms with Crippen LogP contribution in [0.2, 0.25) is 0 Å². The van der Waals surface area contributed by atoms with E-state index in [-0.39, 0.29) is 18.2 Å². The van der Waals surface area contributed by atoms with E-state index in [4.69, 9.17) is 9.47 Å². The Labute approximate surface area is 221 Å². The van der Waals surface area contributed by atoms with Gasteiger partial charge in [-0.05, 0) is 55.2 Å². The average Bonchev–Trinajstić information content (AvgIpc) is 2.92. The number of ether oxygens (including phenoxy) is 2. The van der Waals surface area contributed by atoms with E-state index in [0.29, 0.717) is 19.8 Å². The Balaban J connectivity index is 1.65. The van der Waals surface area contributed by atoms with Crippen molar-refractivity contribution in [1.29, 1.82) is 0 Å². The summed E-state index contributed by atoms with van der Waals surface area (Å²) in [4.78, 5) is 2.33. The van der Waals surface area contributed by atoms with Crippen LogP contribution in [0, 0.1) is 0 Å². The first-order valence-electron chi connectivity index (χ1n) is 12.8. The second kappa shape index (κ2) is 12.6. The summed E-state index contributed by atoms with van der Waals surface area (Å²) in [7, 11) is 0. The highest BCUT2D eigenvalue weighted by Crippen LogP contribution is 2.35. The van der Waals surface area contributed by atoms with Crippen LogP contribution in [0.1, 0.15) is 49.1 Å². The maximum atomic E-state index is 10.7. The van der Waals surface area contributed by atoms with Gasteiger partial charge in [0.1, 0.15) is 24.7 Å². The quantitative estimate of drug-likeness (QED) is 0.239. The summed E-state index contributed by atoms with van der Waals surface area (Å²) in [5.41, 5.74) is 4.17. The molecule has 0 spiro atoms. The van der Waals surface area contributed by atoms with E-state index >= 15 is 0 Å². The minimum Gasteiger partial charge on any atom is -0.489 e. The Morgan fingerprint density at radius 2 is 1.08 bits per heavy atom. The van der Waals surface area contributed by atoms with Crippen molar-refractivity contribution in [3.63, 3.8) is 0 Å². The number of nitrogens with zero attached hydrogens (tertiary/aromatic N) is 1. The monoisotopic (exact) mass is 495 g/mol. The molecule has 0 radical (unpaired) electrons. The highest BCUT2D eigenvalue weighted by molar-refractivity contribution is 5.40. The number of hydrogen-bond acceptors (Lipinski definition) is 4. The number of hydrogen-bond donors (Lipinski definition) is 1. The van der Waals surface area contributed by atoms with Gasteiger partial charge in [0.05, 0.1) is 12.6 Å². The Hall–Kier alpha value is -3.60. The molecule has 0 heterocycles. The van der Waals surface area contributed by atoms with Gasteiger partial charge in [-0.3, -0.25) is 4.90 Å².